The second-order valence-electron chi connectivity index (χ2n) is 11.9. The molecule has 1 aromatic heterocycles. The molecule has 224 valence electrons. The standard InChI is InChI=1S/C33H37N5O5/c1-7-42-31(40)27(34-32(41)43-33(2,3)4)19-38-18-26(35-36-38)20-8-10-21(11-9-20)29-25-17-24(37(5)6)14-12-22(25)16-23-13-15-28(39)30(23)29/h8-12,14,16-18,27H,7,13,15,19H2,1-6H3,(H,34,41)/t27-/m0/s1. The van der Waals surface area contributed by atoms with Crippen LogP contribution in [0, 0.1) is 0 Å². The van der Waals surface area contributed by atoms with Crippen molar-refractivity contribution in [2.24, 2.45) is 0 Å². The van der Waals surface area contributed by atoms with Gasteiger partial charge in [0.2, 0.25) is 0 Å². The van der Waals surface area contributed by atoms with E-state index in [2.05, 4.69) is 44.8 Å². The summed E-state index contributed by atoms with van der Waals surface area (Å²) in [6.07, 6.45) is 2.26. The van der Waals surface area contributed by atoms with Gasteiger partial charge in [-0.15, -0.1) is 5.10 Å². The van der Waals surface area contributed by atoms with E-state index in [1.54, 1.807) is 33.9 Å². The highest BCUT2D eigenvalue weighted by atomic mass is 16.6. The number of carbonyl (C=O) groups excluding carboxylic acids is 3. The highest BCUT2D eigenvalue weighted by Crippen LogP contribution is 2.40. The molecule has 4 aromatic rings. The minimum Gasteiger partial charge on any atom is -0.464 e. The zero-order valence-corrected chi connectivity index (χ0v) is 25.4. The van der Waals surface area contributed by atoms with Crippen LogP contribution < -0.4 is 10.2 Å². The second-order valence-corrected chi connectivity index (χ2v) is 11.9. The molecule has 3 aromatic carbocycles. The average molecular weight is 584 g/mol. The molecule has 0 radical (unpaired) electrons. The van der Waals surface area contributed by atoms with Crippen LogP contribution in [0.4, 0.5) is 10.5 Å². The maximum atomic E-state index is 13.0. The van der Waals surface area contributed by atoms with E-state index in [1.165, 1.54) is 4.68 Å². The van der Waals surface area contributed by atoms with Gasteiger partial charge in [0.1, 0.15) is 17.3 Å². The van der Waals surface area contributed by atoms with Crippen LogP contribution in [0.25, 0.3) is 33.2 Å². The fourth-order valence-corrected chi connectivity index (χ4v) is 5.30. The van der Waals surface area contributed by atoms with Gasteiger partial charge in [0.15, 0.2) is 5.78 Å². The minimum absolute atomic E-state index is 0.0155. The van der Waals surface area contributed by atoms with Gasteiger partial charge in [-0.3, -0.25) is 4.79 Å². The number of Topliss-reactive ketones (excluding diaryl/α,β-unsaturated/α-hetero) is 1. The Kier molecular flexibility index (Phi) is 8.21. The van der Waals surface area contributed by atoms with E-state index < -0.39 is 23.7 Å². The van der Waals surface area contributed by atoms with Crippen LogP contribution in [0.15, 0.2) is 54.7 Å². The predicted molar refractivity (Wildman–Crippen MR) is 165 cm³/mol. The third-order valence-electron chi connectivity index (χ3n) is 7.26. The number of hydrogen-bond acceptors (Lipinski definition) is 8. The zero-order chi connectivity index (χ0) is 30.9. The summed E-state index contributed by atoms with van der Waals surface area (Å²) in [5, 5.41) is 13.2. The Labute approximate surface area is 251 Å². The molecule has 43 heavy (non-hydrogen) atoms. The number of hydrogen-bond donors (Lipinski definition) is 1. The Bertz CT molecular complexity index is 1680. The van der Waals surface area contributed by atoms with Gasteiger partial charge in [0.25, 0.3) is 0 Å². The summed E-state index contributed by atoms with van der Waals surface area (Å²) in [6.45, 7) is 7.11. The van der Waals surface area contributed by atoms with Crippen LogP contribution in [-0.2, 0) is 27.2 Å². The molecule has 10 nitrogen and oxygen atoms in total. The molecule has 0 aliphatic heterocycles. The quantitative estimate of drug-likeness (QED) is 0.274. The summed E-state index contributed by atoms with van der Waals surface area (Å²) in [7, 11) is 4.01. The molecule has 0 bridgehead atoms. The first-order valence-corrected chi connectivity index (χ1v) is 14.4. The fourth-order valence-electron chi connectivity index (χ4n) is 5.30. The second kappa shape index (κ2) is 11.9. The summed E-state index contributed by atoms with van der Waals surface area (Å²) in [5.41, 5.74) is 5.57. The molecule has 0 fully saturated rings. The molecule has 0 saturated carbocycles. The summed E-state index contributed by atoms with van der Waals surface area (Å²) >= 11 is 0. The van der Waals surface area contributed by atoms with Gasteiger partial charge < -0.3 is 19.7 Å². The molecule has 1 amide bonds. The Balaban J connectivity index is 1.42. The lowest BCUT2D eigenvalue weighted by Crippen LogP contribution is -2.46. The van der Waals surface area contributed by atoms with Crippen molar-refractivity contribution in [1.29, 1.82) is 0 Å². The van der Waals surface area contributed by atoms with E-state index >= 15 is 0 Å². The fraction of sp³-hybridized carbons (Fsp3) is 0.364. The lowest BCUT2D eigenvalue weighted by molar-refractivity contribution is -0.146. The first-order valence-electron chi connectivity index (χ1n) is 14.4. The van der Waals surface area contributed by atoms with Crippen LogP contribution in [0.5, 0.6) is 0 Å². The molecule has 0 saturated heterocycles. The van der Waals surface area contributed by atoms with Crippen molar-refractivity contribution in [2.75, 3.05) is 25.6 Å². The SMILES string of the molecule is CCOC(=O)[C@H](Cn1cc(-c2ccc(-c3c4c(cc5ccc(N(C)C)cc35)CCC4=O)cc2)nn1)NC(=O)OC(C)(C)C. The van der Waals surface area contributed by atoms with Crippen molar-refractivity contribution in [1.82, 2.24) is 20.3 Å². The van der Waals surface area contributed by atoms with Crippen molar-refractivity contribution >= 4 is 34.3 Å². The number of carbonyl (C=O) groups is 3. The van der Waals surface area contributed by atoms with E-state index in [0.29, 0.717) is 12.1 Å². The normalized spacial score (nSPS) is 13.5. The average Bonchev–Trinajstić information content (AvgIpc) is 3.57. The lowest BCUT2D eigenvalue weighted by atomic mass is 9.89. The van der Waals surface area contributed by atoms with Crippen molar-refractivity contribution in [3.63, 3.8) is 0 Å². The minimum atomic E-state index is -1.01. The zero-order valence-electron chi connectivity index (χ0n) is 25.4. The van der Waals surface area contributed by atoms with Crippen LogP contribution in [0.1, 0.15) is 50.0 Å². The number of fused-ring (bicyclic) bond motifs is 2. The third kappa shape index (κ3) is 6.53. The number of amides is 1. The molecule has 0 spiro atoms. The Morgan fingerprint density at radius 3 is 2.42 bits per heavy atom. The number of ether oxygens (including phenoxy) is 2. The predicted octanol–water partition coefficient (Wildman–Crippen LogP) is 5.42. The number of anilines is 1. The van der Waals surface area contributed by atoms with E-state index in [4.69, 9.17) is 9.47 Å². The number of aryl methyl sites for hydroxylation is 1. The smallest absolute Gasteiger partial charge is 0.408 e. The number of nitrogens with zero attached hydrogens (tertiary/aromatic N) is 4. The van der Waals surface area contributed by atoms with Gasteiger partial charge in [0, 0.05) is 42.9 Å². The van der Waals surface area contributed by atoms with Crippen LogP contribution >= 0.6 is 0 Å². The summed E-state index contributed by atoms with van der Waals surface area (Å²) in [4.78, 5) is 40.0. The molecule has 1 aliphatic rings. The van der Waals surface area contributed by atoms with Crippen molar-refractivity contribution in [2.45, 2.75) is 58.7 Å². The number of aromatic nitrogens is 3. The lowest BCUT2D eigenvalue weighted by Gasteiger charge is -2.22. The largest absolute Gasteiger partial charge is 0.464 e. The van der Waals surface area contributed by atoms with Gasteiger partial charge in [0.05, 0.1) is 19.3 Å². The van der Waals surface area contributed by atoms with Gasteiger partial charge in [-0.1, -0.05) is 41.6 Å². The summed E-state index contributed by atoms with van der Waals surface area (Å²) < 4.78 is 11.9. The molecule has 1 heterocycles. The van der Waals surface area contributed by atoms with Crippen LogP contribution in [-0.4, -0.2) is 65.2 Å². The Morgan fingerprint density at radius 2 is 1.74 bits per heavy atom. The molecule has 10 heteroatoms. The van der Waals surface area contributed by atoms with Gasteiger partial charge in [-0.2, -0.15) is 0 Å². The number of esters is 1. The summed E-state index contributed by atoms with van der Waals surface area (Å²) in [5.74, 6) is -0.422. The maximum Gasteiger partial charge on any atom is 0.408 e. The first kappa shape index (κ1) is 29.8. The number of ketones is 1. The van der Waals surface area contributed by atoms with Crippen LogP contribution in [0.2, 0.25) is 0 Å². The number of rotatable bonds is 8. The Hall–Kier alpha value is -4.73. The topological polar surface area (TPSA) is 116 Å². The van der Waals surface area contributed by atoms with E-state index in [1.807, 2.05) is 38.4 Å². The highest BCUT2D eigenvalue weighted by molar-refractivity contribution is 6.14. The van der Waals surface area contributed by atoms with Gasteiger partial charge in [-0.05, 0) is 68.1 Å². The van der Waals surface area contributed by atoms with Crippen LogP contribution in [0.3, 0.4) is 0 Å². The first-order chi connectivity index (χ1) is 20.4. The Morgan fingerprint density at radius 1 is 1.02 bits per heavy atom. The van der Waals surface area contributed by atoms with E-state index in [9.17, 15) is 14.4 Å². The molecular weight excluding hydrogens is 546 g/mol. The number of nitrogens with one attached hydrogen (secondary N) is 1. The molecular formula is C33H37N5O5. The van der Waals surface area contributed by atoms with Gasteiger partial charge >= 0.3 is 12.1 Å². The van der Waals surface area contributed by atoms with Crippen molar-refractivity contribution in [3.05, 3.63) is 65.9 Å². The monoisotopic (exact) mass is 583 g/mol. The van der Waals surface area contributed by atoms with E-state index in [0.717, 1.165) is 50.7 Å². The van der Waals surface area contributed by atoms with Crippen molar-refractivity contribution in [3.8, 4) is 22.4 Å². The van der Waals surface area contributed by atoms with Crippen molar-refractivity contribution < 1.29 is 23.9 Å². The number of benzene rings is 3. The molecule has 5 rings (SSSR count). The van der Waals surface area contributed by atoms with E-state index in [-0.39, 0.29) is 18.9 Å². The number of alkyl carbamates (subject to hydrolysis) is 1. The molecule has 1 aliphatic carbocycles. The maximum absolute atomic E-state index is 13.0. The van der Waals surface area contributed by atoms with Gasteiger partial charge in [-0.25, -0.2) is 14.3 Å². The molecule has 1 atom stereocenters. The molecule has 0 unspecified atom stereocenters. The molecule has 1 N–H and O–H groups in total. The summed E-state index contributed by atoms with van der Waals surface area (Å²) in [6, 6.07) is 15.4. The highest BCUT2D eigenvalue weighted by Gasteiger charge is 2.28. The third-order valence-corrected chi connectivity index (χ3v) is 7.26.